The van der Waals surface area contributed by atoms with Gasteiger partial charge in [0.1, 0.15) is 0 Å². The molecule has 146 valence electrons. The Morgan fingerprint density at radius 3 is 2.69 bits per heavy atom. The number of benzene rings is 1. The van der Waals surface area contributed by atoms with Gasteiger partial charge in [-0.25, -0.2) is 0 Å². The van der Waals surface area contributed by atoms with Gasteiger partial charge in [0.2, 0.25) is 0 Å². The Labute approximate surface area is 174 Å². The molecule has 0 spiro atoms. The second kappa shape index (κ2) is 12.9. The van der Waals surface area contributed by atoms with Crippen LogP contribution in [0.3, 0.4) is 0 Å². The molecule has 0 saturated carbocycles. The first-order valence-electron chi connectivity index (χ1n) is 9.45. The number of anilines is 1. The summed E-state index contributed by atoms with van der Waals surface area (Å²) in [6, 6.07) is 6.40. The van der Waals surface area contributed by atoms with Crippen LogP contribution in [-0.4, -0.2) is 25.6 Å². The van der Waals surface area contributed by atoms with Gasteiger partial charge in [0.25, 0.3) is 0 Å². The van der Waals surface area contributed by atoms with Crippen molar-refractivity contribution in [1.29, 1.82) is 0 Å². The number of carbonyl (C=O) groups is 1. The molecule has 0 amide bonds. The Hall–Kier alpha value is -1.31. The second-order valence-corrected chi connectivity index (χ2v) is 6.64. The molecule has 26 heavy (non-hydrogen) atoms. The molecule has 0 saturated heterocycles. The van der Waals surface area contributed by atoms with Crippen LogP contribution in [0.15, 0.2) is 23.2 Å². The van der Waals surface area contributed by atoms with Gasteiger partial charge in [0, 0.05) is 18.7 Å². The zero-order valence-corrected chi connectivity index (χ0v) is 18.1. The lowest BCUT2D eigenvalue weighted by Crippen LogP contribution is -2.24. The topological polar surface area (TPSA) is 76.7 Å². The Kier molecular flexibility index (Phi) is 11.3. The van der Waals surface area contributed by atoms with E-state index in [0.717, 1.165) is 57.2 Å². The Morgan fingerprint density at radius 2 is 1.88 bits per heavy atom. The molecule has 0 fully saturated rings. The van der Waals surface area contributed by atoms with Crippen LogP contribution < -0.4 is 11.1 Å². The van der Waals surface area contributed by atoms with Crippen molar-refractivity contribution >= 4 is 41.6 Å². The van der Waals surface area contributed by atoms with E-state index in [1.165, 1.54) is 31.1 Å². The van der Waals surface area contributed by atoms with Crippen LogP contribution in [0.4, 0.5) is 5.69 Å². The number of nitrogens with one attached hydrogen (secondary N) is 1. The number of ether oxygens (including phenoxy) is 1. The largest absolute Gasteiger partial charge is 0.469 e. The normalized spacial score (nSPS) is 13.5. The number of fused-ring (bicyclic) bond motifs is 1. The van der Waals surface area contributed by atoms with Crippen LogP contribution >= 0.6 is 24.0 Å². The number of aliphatic imine (C=N–C) groups is 1. The monoisotopic (exact) mass is 473 g/mol. The minimum absolute atomic E-state index is 0. The maximum absolute atomic E-state index is 11.0. The van der Waals surface area contributed by atoms with Crippen molar-refractivity contribution in [2.45, 2.75) is 64.2 Å². The van der Waals surface area contributed by atoms with Gasteiger partial charge in [-0.05, 0) is 55.7 Å². The summed E-state index contributed by atoms with van der Waals surface area (Å²) < 4.78 is 4.63. The number of unbranched alkanes of at least 4 members (excludes halogenated alkanes) is 4. The smallest absolute Gasteiger partial charge is 0.305 e. The molecule has 1 aliphatic carbocycles. The van der Waals surface area contributed by atoms with Gasteiger partial charge < -0.3 is 15.8 Å². The number of esters is 1. The van der Waals surface area contributed by atoms with Crippen LogP contribution in [0.1, 0.15) is 62.5 Å². The lowest BCUT2D eigenvalue weighted by molar-refractivity contribution is -0.140. The van der Waals surface area contributed by atoms with Gasteiger partial charge in [0.15, 0.2) is 5.96 Å². The number of aryl methyl sites for hydroxylation is 1. The third-order valence-corrected chi connectivity index (χ3v) is 4.71. The van der Waals surface area contributed by atoms with Gasteiger partial charge in [-0.2, -0.15) is 0 Å². The fraction of sp³-hybridized carbons (Fsp3) is 0.600. The molecular weight excluding hydrogens is 441 g/mol. The van der Waals surface area contributed by atoms with E-state index in [2.05, 4.69) is 33.2 Å². The minimum Gasteiger partial charge on any atom is -0.469 e. The van der Waals surface area contributed by atoms with Crippen molar-refractivity contribution in [2.24, 2.45) is 10.7 Å². The first kappa shape index (κ1) is 22.7. The first-order valence-corrected chi connectivity index (χ1v) is 9.45. The average molecular weight is 473 g/mol. The van der Waals surface area contributed by atoms with Crippen molar-refractivity contribution < 1.29 is 9.53 Å². The fourth-order valence-corrected chi connectivity index (χ4v) is 3.29. The predicted molar refractivity (Wildman–Crippen MR) is 118 cm³/mol. The second-order valence-electron chi connectivity index (χ2n) is 6.64. The van der Waals surface area contributed by atoms with Crippen LogP contribution in [0.25, 0.3) is 0 Å². The summed E-state index contributed by atoms with van der Waals surface area (Å²) in [5, 5.41) is 3.28. The number of nitrogens with zero attached hydrogens (tertiary/aromatic N) is 1. The van der Waals surface area contributed by atoms with Gasteiger partial charge in [-0.3, -0.25) is 9.79 Å². The van der Waals surface area contributed by atoms with Crippen LogP contribution in [0.5, 0.6) is 0 Å². The number of hydrogen-bond donors (Lipinski definition) is 2. The summed E-state index contributed by atoms with van der Waals surface area (Å²) in [4.78, 5) is 15.4. The van der Waals surface area contributed by atoms with E-state index in [1.807, 2.05) is 0 Å². The Morgan fingerprint density at radius 1 is 1.15 bits per heavy atom. The summed E-state index contributed by atoms with van der Waals surface area (Å²) >= 11 is 0. The molecule has 3 N–H and O–H groups in total. The van der Waals surface area contributed by atoms with E-state index in [-0.39, 0.29) is 29.9 Å². The van der Waals surface area contributed by atoms with Gasteiger partial charge in [0.05, 0.1) is 7.11 Å². The van der Waals surface area contributed by atoms with E-state index >= 15 is 0 Å². The minimum atomic E-state index is -0.119. The molecule has 0 aliphatic heterocycles. The molecule has 0 aromatic heterocycles. The first-order chi connectivity index (χ1) is 12.2. The maximum atomic E-state index is 11.0. The SMILES string of the molecule is COC(=O)CCCCCCCN=C(N)Nc1cccc2c1CCCC2.I. The predicted octanol–water partition coefficient (Wildman–Crippen LogP) is 4.42. The summed E-state index contributed by atoms with van der Waals surface area (Å²) in [7, 11) is 1.43. The molecule has 1 aliphatic rings. The Bertz CT molecular complexity index is 590. The third kappa shape index (κ3) is 7.93. The molecular formula is C20H32IN3O2. The molecule has 1 aromatic rings. The fourth-order valence-electron chi connectivity index (χ4n) is 3.29. The number of nitrogens with two attached hydrogens (primary N) is 1. The standard InChI is InChI=1S/C20H31N3O2.HI/c1-25-19(24)14-5-3-2-4-8-15-22-20(21)23-18-13-9-11-16-10-6-7-12-17(16)18;/h9,11,13H,2-8,10,12,14-15H2,1H3,(H3,21,22,23);1H. The highest BCUT2D eigenvalue weighted by Gasteiger charge is 2.12. The van der Waals surface area contributed by atoms with Crippen LogP contribution in [-0.2, 0) is 22.4 Å². The van der Waals surface area contributed by atoms with Crippen molar-refractivity contribution in [2.75, 3.05) is 19.0 Å². The molecule has 0 heterocycles. The highest BCUT2D eigenvalue weighted by Crippen LogP contribution is 2.27. The summed E-state index contributed by atoms with van der Waals surface area (Å²) in [5.41, 5.74) is 9.99. The number of carbonyl (C=O) groups excluding carboxylic acids is 1. The van der Waals surface area contributed by atoms with E-state index in [9.17, 15) is 4.79 Å². The number of hydrogen-bond acceptors (Lipinski definition) is 3. The molecule has 0 radical (unpaired) electrons. The average Bonchev–Trinajstić information content (AvgIpc) is 2.64. The molecule has 6 heteroatoms. The van der Waals surface area contributed by atoms with Crippen LogP contribution in [0.2, 0.25) is 0 Å². The van der Waals surface area contributed by atoms with Gasteiger partial charge in [-0.15, -0.1) is 24.0 Å². The van der Waals surface area contributed by atoms with Crippen LogP contribution in [0, 0.1) is 0 Å². The maximum Gasteiger partial charge on any atom is 0.305 e. The zero-order chi connectivity index (χ0) is 17.9. The zero-order valence-electron chi connectivity index (χ0n) is 15.8. The third-order valence-electron chi connectivity index (χ3n) is 4.71. The van der Waals surface area contributed by atoms with E-state index in [0.29, 0.717) is 12.4 Å². The highest BCUT2D eigenvalue weighted by molar-refractivity contribution is 14.0. The van der Waals surface area contributed by atoms with Gasteiger partial charge in [-0.1, -0.05) is 31.4 Å². The molecule has 5 nitrogen and oxygen atoms in total. The molecule has 0 unspecified atom stereocenters. The highest BCUT2D eigenvalue weighted by atomic mass is 127. The molecule has 2 rings (SSSR count). The molecule has 0 bridgehead atoms. The van der Waals surface area contributed by atoms with Gasteiger partial charge >= 0.3 is 5.97 Å². The molecule has 0 atom stereocenters. The van der Waals surface area contributed by atoms with Crippen molar-refractivity contribution in [1.82, 2.24) is 0 Å². The van der Waals surface area contributed by atoms with E-state index in [4.69, 9.17) is 5.73 Å². The summed E-state index contributed by atoms with van der Waals surface area (Å²) in [5.74, 6) is 0.385. The lowest BCUT2D eigenvalue weighted by atomic mass is 9.90. The Balaban J connectivity index is 0.00000338. The number of halogens is 1. The number of methoxy groups -OCH3 is 1. The summed E-state index contributed by atoms with van der Waals surface area (Å²) in [6.07, 6.45) is 10.5. The number of rotatable bonds is 9. The molecule has 1 aromatic carbocycles. The van der Waals surface area contributed by atoms with Crippen molar-refractivity contribution in [3.05, 3.63) is 29.3 Å². The lowest BCUT2D eigenvalue weighted by Gasteiger charge is -2.19. The quantitative estimate of drug-likeness (QED) is 0.183. The van der Waals surface area contributed by atoms with E-state index < -0.39 is 0 Å². The summed E-state index contributed by atoms with van der Waals surface area (Å²) in [6.45, 7) is 0.741. The number of guanidine groups is 1. The van der Waals surface area contributed by atoms with Crippen molar-refractivity contribution in [3.63, 3.8) is 0 Å². The van der Waals surface area contributed by atoms with E-state index in [1.54, 1.807) is 0 Å². The van der Waals surface area contributed by atoms with Crippen molar-refractivity contribution in [3.8, 4) is 0 Å².